The van der Waals surface area contributed by atoms with Crippen LogP contribution in [0.4, 0.5) is 11.4 Å². The van der Waals surface area contributed by atoms with Crippen LogP contribution in [0.2, 0.25) is 0 Å². The van der Waals surface area contributed by atoms with E-state index in [1.54, 1.807) is 11.3 Å². The van der Waals surface area contributed by atoms with E-state index in [2.05, 4.69) is 31.6 Å². The zero-order valence-electron chi connectivity index (χ0n) is 10.3. The maximum absolute atomic E-state index is 4.46. The van der Waals surface area contributed by atoms with Crippen molar-refractivity contribution in [2.45, 2.75) is 13.5 Å². The van der Waals surface area contributed by atoms with E-state index in [-0.39, 0.29) is 0 Å². The van der Waals surface area contributed by atoms with Crippen molar-refractivity contribution in [1.29, 1.82) is 0 Å². The Morgan fingerprint density at radius 2 is 2.24 bits per heavy atom. The predicted molar refractivity (Wildman–Crippen MR) is 72.7 cm³/mol. The molecule has 0 aromatic carbocycles. The maximum atomic E-state index is 4.46. The minimum Gasteiger partial charge on any atom is -0.387 e. The Kier molecular flexibility index (Phi) is 3.58. The first-order chi connectivity index (χ1) is 8.19. The zero-order valence-corrected chi connectivity index (χ0v) is 11.1. The van der Waals surface area contributed by atoms with Crippen LogP contribution < -0.4 is 10.2 Å². The Labute approximate surface area is 105 Å². The third-order valence-corrected chi connectivity index (χ3v) is 3.34. The lowest BCUT2D eigenvalue weighted by Crippen LogP contribution is -2.16. The van der Waals surface area contributed by atoms with Crippen molar-refractivity contribution in [1.82, 2.24) is 9.97 Å². The van der Waals surface area contributed by atoms with Crippen molar-refractivity contribution < 1.29 is 0 Å². The van der Waals surface area contributed by atoms with Gasteiger partial charge in [0, 0.05) is 19.5 Å². The van der Waals surface area contributed by atoms with Crippen LogP contribution in [0, 0.1) is 6.92 Å². The monoisotopic (exact) mass is 248 g/mol. The number of hydrogen-bond donors (Lipinski definition) is 1. The van der Waals surface area contributed by atoms with Crippen molar-refractivity contribution >= 4 is 22.7 Å². The van der Waals surface area contributed by atoms with Crippen molar-refractivity contribution in [3.63, 3.8) is 0 Å². The molecule has 2 heterocycles. The van der Waals surface area contributed by atoms with Gasteiger partial charge in [-0.15, -0.1) is 11.3 Å². The second-order valence-corrected chi connectivity index (χ2v) is 4.96. The first-order valence-corrected chi connectivity index (χ1v) is 6.32. The SMILES string of the molecule is CNc1cncc(N(C)Cc2csc(C)n2)c1. The van der Waals surface area contributed by atoms with Crippen LogP contribution in [-0.2, 0) is 6.54 Å². The number of thiazole rings is 1. The van der Waals surface area contributed by atoms with Crippen LogP contribution in [0.3, 0.4) is 0 Å². The van der Waals surface area contributed by atoms with Gasteiger partial charge in [0.2, 0.25) is 0 Å². The van der Waals surface area contributed by atoms with Crippen LogP contribution in [0.15, 0.2) is 23.8 Å². The highest BCUT2D eigenvalue weighted by Gasteiger charge is 2.05. The van der Waals surface area contributed by atoms with Crippen LogP contribution in [0.25, 0.3) is 0 Å². The van der Waals surface area contributed by atoms with Gasteiger partial charge in [0.1, 0.15) is 0 Å². The first-order valence-electron chi connectivity index (χ1n) is 5.44. The van der Waals surface area contributed by atoms with E-state index >= 15 is 0 Å². The van der Waals surface area contributed by atoms with Gasteiger partial charge in [0.25, 0.3) is 0 Å². The lowest BCUT2D eigenvalue weighted by Gasteiger charge is -2.18. The highest BCUT2D eigenvalue weighted by Crippen LogP contribution is 2.18. The van der Waals surface area contributed by atoms with Crippen molar-refractivity contribution in [3.8, 4) is 0 Å². The van der Waals surface area contributed by atoms with E-state index in [4.69, 9.17) is 0 Å². The quantitative estimate of drug-likeness (QED) is 0.902. The van der Waals surface area contributed by atoms with E-state index in [1.807, 2.05) is 33.4 Å². The largest absolute Gasteiger partial charge is 0.387 e. The van der Waals surface area contributed by atoms with Gasteiger partial charge in [-0.05, 0) is 13.0 Å². The molecule has 0 unspecified atom stereocenters. The molecule has 5 heteroatoms. The molecule has 0 saturated heterocycles. The van der Waals surface area contributed by atoms with Crippen LogP contribution in [-0.4, -0.2) is 24.1 Å². The minimum atomic E-state index is 0.805. The third-order valence-electron chi connectivity index (χ3n) is 2.52. The molecule has 0 aliphatic heterocycles. The molecule has 0 spiro atoms. The molecule has 2 aromatic rings. The lowest BCUT2D eigenvalue weighted by molar-refractivity contribution is 0.886. The van der Waals surface area contributed by atoms with E-state index in [0.29, 0.717) is 0 Å². The Morgan fingerprint density at radius 3 is 2.88 bits per heavy atom. The summed E-state index contributed by atoms with van der Waals surface area (Å²) in [6.45, 7) is 2.83. The minimum absolute atomic E-state index is 0.805. The van der Waals surface area contributed by atoms with E-state index < -0.39 is 0 Å². The summed E-state index contributed by atoms with van der Waals surface area (Å²) in [5, 5.41) is 6.29. The molecule has 0 aliphatic rings. The van der Waals surface area contributed by atoms with Crippen LogP contribution >= 0.6 is 11.3 Å². The Morgan fingerprint density at radius 1 is 1.41 bits per heavy atom. The average molecular weight is 248 g/mol. The Bertz CT molecular complexity index is 495. The maximum Gasteiger partial charge on any atom is 0.0898 e. The molecule has 17 heavy (non-hydrogen) atoms. The highest BCUT2D eigenvalue weighted by atomic mass is 32.1. The summed E-state index contributed by atoms with van der Waals surface area (Å²) in [6, 6.07) is 2.08. The molecular formula is C12H16N4S. The lowest BCUT2D eigenvalue weighted by atomic mass is 10.3. The highest BCUT2D eigenvalue weighted by molar-refractivity contribution is 7.09. The van der Waals surface area contributed by atoms with Gasteiger partial charge in [0.15, 0.2) is 0 Å². The molecule has 2 rings (SSSR count). The predicted octanol–water partition coefficient (Wildman–Crippen LogP) is 2.52. The first kappa shape index (κ1) is 11.9. The fraction of sp³-hybridized carbons (Fsp3) is 0.333. The number of anilines is 2. The summed E-state index contributed by atoms with van der Waals surface area (Å²) >= 11 is 1.68. The van der Waals surface area contributed by atoms with Crippen molar-refractivity contribution in [3.05, 3.63) is 34.5 Å². The molecule has 4 nitrogen and oxygen atoms in total. The second kappa shape index (κ2) is 5.14. The second-order valence-electron chi connectivity index (χ2n) is 3.90. The molecule has 0 aliphatic carbocycles. The smallest absolute Gasteiger partial charge is 0.0898 e. The summed E-state index contributed by atoms with van der Waals surface area (Å²) in [4.78, 5) is 10.8. The fourth-order valence-corrected chi connectivity index (χ4v) is 2.19. The number of nitrogens with one attached hydrogen (secondary N) is 1. The normalized spacial score (nSPS) is 10.3. The molecular weight excluding hydrogens is 232 g/mol. The molecule has 90 valence electrons. The molecule has 0 bridgehead atoms. The van der Waals surface area contributed by atoms with Gasteiger partial charge in [-0.3, -0.25) is 4.98 Å². The number of aromatic nitrogens is 2. The number of pyridine rings is 1. The summed E-state index contributed by atoms with van der Waals surface area (Å²) in [5.74, 6) is 0. The zero-order chi connectivity index (χ0) is 12.3. The summed E-state index contributed by atoms with van der Waals surface area (Å²) in [7, 11) is 3.94. The summed E-state index contributed by atoms with van der Waals surface area (Å²) in [6.07, 6.45) is 3.67. The summed E-state index contributed by atoms with van der Waals surface area (Å²) < 4.78 is 0. The van der Waals surface area contributed by atoms with Crippen molar-refractivity contribution in [2.75, 3.05) is 24.3 Å². The van der Waals surface area contributed by atoms with Gasteiger partial charge in [-0.1, -0.05) is 0 Å². The number of hydrogen-bond acceptors (Lipinski definition) is 5. The van der Waals surface area contributed by atoms with Gasteiger partial charge in [-0.25, -0.2) is 4.98 Å². The van der Waals surface area contributed by atoms with Gasteiger partial charge >= 0.3 is 0 Å². The molecule has 1 N–H and O–H groups in total. The number of nitrogens with zero attached hydrogens (tertiary/aromatic N) is 3. The topological polar surface area (TPSA) is 41.1 Å². The molecule has 0 radical (unpaired) electrons. The summed E-state index contributed by atoms with van der Waals surface area (Å²) in [5.41, 5.74) is 3.20. The third kappa shape index (κ3) is 2.94. The molecule has 0 amide bonds. The van der Waals surface area contributed by atoms with Crippen molar-refractivity contribution in [2.24, 2.45) is 0 Å². The molecule has 0 fully saturated rings. The standard InChI is InChI=1S/C12H16N4S/c1-9-15-11(8-17-9)7-16(3)12-4-10(13-2)5-14-6-12/h4-6,8,13H,7H2,1-3H3. The number of rotatable bonds is 4. The molecule has 2 aromatic heterocycles. The molecule has 0 saturated carbocycles. The Balaban J connectivity index is 2.11. The fourth-order valence-electron chi connectivity index (χ4n) is 1.59. The van der Waals surface area contributed by atoms with Crippen LogP contribution in [0.1, 0.15) is 10.7 Å². The van der Waals surface area contributed by atoms with E-state index in [9.17, 15) is 0 Å². The molecule has 0 atom stereocenters. The average Bonchev–Trinajstić information content (AvgIpc) is 2.75. The number of aryl methyl sites for hydroxylation is 1. The van der Waals surface area contributed by atoms with Crippen LogP contribution in [0.5, 0.6) is 0 Å². The van der Waals surface area contributed by atoms with Gasteiger partial charge in [-0.2, -0.15) is 0 Å². The van der Waals surface area contributed by atoms with Gasteiger partial charge < -0.3 is 10.2 Å². The van der Waals surface area contributed by atoms with E-state index in [1.165, 1.54) is 0 Å². The van der Waals surface area contributed by atoms with Gasteiger partial charge in [0.05, 0.1) is 41.0 Å². The Hall–Kier alpha value is -1.62. The van der Waals surface area contributed by atoms with E-state index in [0.717, 1.165) is 28.6 Å².